The molecule has 2 aromatic heterocycles. The van der Waals surface area contributed by atoms with E-state index in [1.165, 1.54) is 38.4 Å². The summed E-state index contributed by atoms with van der Waals surface area (Å²) in [6, 6.07) is 72.8. The largest absolute Gasteiger partial charge is 0.456 e. The predicted octanol–water partition coefficient (Wildman–Crippen LogP) is 13.8. The fraction of sp³-hybridized carbons (Fsp3) is 0.0364. The van der Waals surface area contributed by atoms with Crippen LogP contribution in [0.4, 0.5) is 0 Å². The minimum Gasteiger partial charge on any atom is -0.456 e. The Kier molecular flexibility index (Phi) is 8.59. The number of furan rings is 1. The smallest absolute Gasteiger partial charge is 0.163 e. The van der Waals surface area contributed by atoms with Gasteiger partial charge in [0, 0.05) is 34.2 Å². The van der Waals surface area contributed by atoms with E-state index < -0.39 is 0 Å². The lowest BCUT2D eigenvalue weighted by Gasteiger charge is -2.21. The van der Waals surface area contributed by atoms with Crippen molar-refractivity contribution < 1.29 is 4.42 Å². The van der Waals surface area contributed by atoms with Crippen LogP contribution in [-0.4, -0.2) is 15.0 Å². The van der Waals surface area contributed by atoms with Crippen LogP contribution in [0.3, 0.4) is 0 Å². The molecule has 11 rings (SSSR count). The van der Waals surface area contributed by atoms with Gasteiger partial charge in [-0.15, -0.1) is 0 Å². The van der Waals surface area contributed by atoms with Crippen molar-refractivity contribution >= 4 is 43.5 Å². The van der Waals surface area contributed by atoms with Gasteiger partial charge in [0.15, 0.2) is 11.6 Å². The van der Waals surface area contributed by atoms with E-state index in [2.05, 4.69) is 170 Å². The minimum atomic E-state index is -0.0874. The van der Waals surface area contributed by atoms with Crippen LogP contribution in [-0.2, 0) is 6.42 Å². The van der Waals surface area contributed by atoms with Crippen LogP contribution in [0.1, 0.15) is 34.0 Å². The third kappa shape index (κ3) is 6.51. The second kappa shape index (κ2) is 14.7. The molecule has 0 saturated heterocycles. The fourth-order valence-corrected chi connectivity index (χ4v) is 8.65. The summed E-state index contributed by atoms with van der Waals surface area (Å²) < 4.78 is 6.88. The summed E-state index contributed by atoms with van der Waals surface area (Å²) in [6.07, 6.45) is 0.474. The van der Waals surface area contributed by atoms with Gasteiger partial charge in [-0.05, 0) is 67.1 Å². The standard InChI is InChI=1S/C55H37N3O/c1-4-14-36(15-5-1)38-24-27-40(28-25-38)51(44-29-26-37-16-10-11-22-43(37)32-44)45-33-46(52-49(34-45)59-48-31-30-39-17-12-13-23-47(39)53(48)52)35-50-56-54(41-18-6-2-7-19-41)58-55(57-50)42-20-8-3-9-21-42/h1-34,51H,35H2. The first kappa shape index (κ1) is 34.5. The minimum absolute atomic E-state index is 0.0874. The van der Waals surface area contributed by atoms with Crippen molar-refractivity contribution in [3.8, 4) is 33.9 Å². The summed E-state index contributed by atoms with van der Waals surface area (Å²) in [5.74, 6) is 1.91. The van der Waals surface area contributed by atoms with E-state index in [-0.39, 0.29) is 5.92 Å². The van der Waals surface area contributed by atoms with Gasteiger partial charge in [0.05, 0.1) is 0 Å². The highest BCUT2D eigenvalue weighted by atomic mass is 16.3. The van der Waals surface area contributed by atoms with Crippen LogP contribution in [0.5, 0.6) is 0 Å². The van der Waals surface area contributed by atoms with Crippen LogP contribution in [0.2, 0.25) is 0 Å². The molecule has 0 bridgehead atoms. The third-order valence-electron chi connectivity index (χ3n) is 11.5. The summed E-state index contributed by atoms with van der Waals surface area (Å²) in [4.78, 5) is 15.3. The number of aromatic nitrogens is 3. The molecule has 0 amide bonds. The van der Waals surface area contributed by atoms with Gasteiger partial charge in [0.2, 0.25) is 0 Å². The predicted molar refractivity (Wildman–Crippen MR) is 242 cm³/mol. The lowest BCUT2D eigenvalue weighted by molar-refractivity contribution is 0.668. The number of nitrogens with zero attached hydrogens (tertiary/aromatic N) is 3. The van der Waals surface area contributed by atoms with Gasteiger partial charge in [-0.1, -0.05) is 194 Å². The topological polar surface area (TPSA) is 51.8 Å². The number of benzene rings is 9. The van der Waals surface area contributed by atoms with Gasteiger partial charge in [-0.2, -0.15) is 0 Å². The first-order valence-electron chi connectivity index (χ1n) is 20.1. The summed E-state index contributed by atoms with van der Waals surface area (Å²) in [5.41, 5.74) is 10.6. The van der Waals surface area contributed by atoms with Crippen LogP contribution >= 0.6 is 0 Å². The Morgan fingerprint density at radius 2 is 0.932 bits per heavy atom. The molecule has 0 spiro atoms. The lowest BCUT2D eigenvalue weighted by Crippen LogP contribution is -2.07. The van der Waals surface area contributed by atoms with Gasteiger partial charge in [0.1, 0.15) is 17.0 Å². The molecule has 0 fully saturated rings. The van der Waals surface area contributed by atoms with E-state index in [1.54, 1.807) is 0 Å². The first-order chi connectivity index (χ1) is 29.2. The maximum Gasteiger partial charge on any atom is 0.163 e. The molecule has 11 aromatic rings. The van der Waals surface area contributed by atoms with Crippen molar-refractivity contribution in [2.75, 3.05) is 0 Å². The second-order valence-corrected chi connectivity index (χ2v) is 15.2. The summed E-state index contributed by atoms with van der Waals surface area (Å²) >= 11 is 0. The first-order valence-corrected chi connectivity index (χ1v) is 20.1. The number of fused-ring (bicyclic) bond motifs is 6. The van der Waals surface area contributed by atoms with Crippen molar-refractivity contribution in [2.24, 2.45) is 0 Å². The third-order valence-corrected chi connectivity index (χ3v) is 11.5. The Hall–Kier alpha value is -7.69. The Bertz CT molecular complexity index is 3230. The second-order valence-electron chi connectivity index (χ2n) is 15.2. The molecule has 0 aliphatic carbocycles. The highest BCUT2D eigenvalue weighted by molar-refractivity contribution is 6.20. The van der Waals surface area contributed by atoms with E-state index in [0.29, 0.717) is 23.9 Å². The molecule has 0 aliphatic heterocycles. The molecule has 4 nitrogen and oxygen atoms in total. The number of rotatable bonds is 8. The zero-order valence-electron chi connectivity index (χ0n) is 32.2. The van der Waals surface area contributed by atoms with Crippen molar-refractivity contribution in [3.63, 3.8) is 0 Å². The Labute approximate surface area is 342 Å². The van der Waals surface area contributed by atoms with Gasteiger partial charge >= 0.3 is 0 Å². The Morgan fingerprint density at radius 1 is 0.373 bits per heavy atom. The van der Waals surface area contributed by atoms with Crippen LogP contribution in [0.25, 0.3) is 77.4 Å². The van der Waals surface area contributed by atoms with Gasteiger partial charge in [-0.25, -0.2) is 15.0 Å². The molecule has 9 aromatic carbocycles. The van der Waals surface area contributed by atoms with Gasteiger partial charge < -0.3 is 4.42 Å². The van der Waals surface area contributed by atoms with Crippen molar-refractivity contribution in [2.45, 2.75) is 12.3 Å². The monoisotopic (exact) mass is 755 g/mol. The molecule has 1 atom stereocenters. The van der Waals surface area contributed by atoms with E-state index in [0.717, 1.165) is 49.6 Å². The molecule has 59 heavy (non-hydrogen) atoms. The van der Waals surface area contributed by atoms with E-state index in [9.17, 15) is 0 Å². The average Bonchev–Trinajstić information content (AvgIpc) is 3.70. The summed E-state index contributed by atoms with van der Waals surface area (Å²) in [7, 11) is 0. The highest BCUT2D eigenvalue weighted by Crippen LogP contribution is 2.42. The zero-order valence-corrected chi connectivity index (χ0v) is 32.2. The quantitative estimate of drug-likeness (QED) is 0.145. The number of hydrogen-bond acceptors (Lipinski definition) is 4. The molecule has 0 N–H and O–H groups in total. The summed E-state index contributed by atoms with van der Waals surface area (Å²) in [6.45, 7) is 0. The van der Waals surface area contributed by atoms with Crippen molar-refractivity contribution in [1.29, 1.82) is 0 Å². The Balaban J connectivity index is 1.15. The molecule has 0 saturated carbocycles. The molecule has 2 heterocycles. The molecule has 0 aliphatic rings. The molecule has 4 heteroatoms. The Morgan fingerprint density at radius 3 is 1.63 bits per heavy atom. The van der Waals surface area contributed by atoms with Gasteiger partial charge in [-0.3, -0.25) is 0 Å². The normalized spacial score (nSPS) is 12.1. The van der Waals surface area contributed by atoms with Crippen molar-refractivity contribution in [3.05, 3.63) is 234 Å². The van der Waals surface area contributed by atoms with Crippen LogP contribution in [0.15, 0.2) is 211 Å². The SMILES string of the molecule is c1ccc(-c2ccc(C(c3ccc4ccccc4c3)c3cc(Cc4nc(-c5ccccc5)nc(-c5ccccc5)n4)c4c(c3)oc3ccc5ccccc5c34)cc2)cc1. The molecular formula is C55H37N3O. The molecule has 1 unspecified atom stereocenters. The maximum absolute atomic E-state index is 6.88. The lowest BCUT2D eigenvalue weighted by atomic mass is 9.82. The molecule has 0 radical (unpaired) electrons. The van der Waals surface area contributed by atoms with Crippen LogP contribution in [0, 0.1) is 0 Å². The number of hydrogen-bond donors (Lipinski definition) is 0. The van der Waals surface area contributed by atoms with E-state index in [1.807, 2.05) is 36.4 Å². The van der Waals surface area contributed by atoms with Gasteiger partial charge in [0.25, 0.3) is 0 Å². The van der Waals surface area contributed by atoms with Crippen LogP contribution < -0.4 is 0 Å². The summed E-state index contributed by atoms with van der Waals surface area (Å²) in [5, 5.41) is 6.94. The average molecular weight is 756 g/mol. The fourth-order valence-electron chi connectivity index (χ4n) is 8.65. The van der Waals surface area contributed by atoms with E-state index >= 15 is 0 Å². The molecular weight excluding hydrogens is 719 g/mol. The van der Waals surface area contributed by atoms with E-state index in [4.69, 9.17) is 19.4 Å². The maximum atomic E-state index is 6.88. The highest BCUT2D eigenvalue weighted by Gasteiger charge is 2.24. The molecule has 278 valence electrons. The van der Waals surface area contributed by atoms with Crippen molar-refractivity contribution in [1.82, 2.24) is 15.0 Å². The zero-order chi connectivity index (χ0) is 39.1.